The van der Waals surface area contributed by atoms with Gasteiger partial charge in [0.05, 0.1) is 0 Å². The molecule has 0 heterocycles. The predicted molar refractivity (Wildman–Crippen MR) is 62.1 cm³/mol. The first kappa shape index (κ1) is 9.78. The first-order valence-electron chi connectivity index (χ1n) is 5.08. The molecule has 2 rings (SSSR count). The van der Waals surface area contributed by atoms with Crippen molar-refractivity contribution in [2.24, 2.45) is 0 Å². The molecule has 0 aliphatic rings. The van der Waals surface area contributed by atoms with Crippen LogP contribution in [0.15, 0.2) is 48.5 Å². The third-order valence-corrected chi connectivity index (χ3v) is 2.47. The summed E-state index contributed by atoms with van der Waals surface area (Å²) in [5, 5.41) is 9.64. The number of benzene rings is 2. The molecule has 0 saturated heterocycles. The van der Waals surface area contributed by atoms with Crippen molar-refractivity contribution in [1.29, 1.82) is 0 Å². The van der Waals surface area contributed by atoms with Crippen LogP contribution in [-0.2, 0) is 6.42 Å². The molecule has 0 atom stereocenters. The van der Waals surface area contributed by atoms with Crippen LogP contribution in [0.4, 0.5) is 0 Å². The van der Waals surface area contributed by atoms with E-state index in [1.54, 1.807) is 6.07 Å². The molecule has 0 spiro atoms. The van der Waals surface area contributed by atoms with Gasteiger partial charge in [-0.15, -0.1) is 0 Å². The highest BCUT2D eigenvalue weighted by Gasteiger charge is 2.00. The smallest absolute Gasteiger partial charge is 0.119 e. The molecule has 0 unspecified atom stereocenters. The number of hydrogen-bond donors (Lipinski definition) is 1. The summed E-state index contributed by atoms with van der Waals surface area (Å²) in [5.41, 5.74) is 3.46. The van der Waals surface area contributed by atoms with Crippen molar-refractivity contribution in [1.82, 2.24) is 0 Å². The Bertz CT molecular complexity index is 460. The Kier molecular flexibility index (Phi) is 2.72. The van der Waals surface area contributed by atoms with Gasteiger partial charge in [0.1, 0.15) is 5.75 Å². The molecule has 2 aromatic carbocycles. The summed E-state index contributed by atoms with van der Waals surface area (Å²) in [6, 6.07) is 15.8. The zero-order valence-electron chi connectivity index (χ0n) is 8.77. The fourth-order valence-electron chi connectivity index (χ4n) is 1.70. The van der Waals surface area contributed by atoms with Gasteiger partial charge in [0.2, 0.25) is 0 Å². The predicted octanol–water partition coefficient (Wildman–Crippen LogP) is 3.29. The number of aromatic hydroxyl groups is 1. The van der Waals surface area contributed by atoms with E-state index in [1.807, 2.05) is 24.3 Å². The normalized spacial score (nSPS) is 10.2. The highest BCUT2D eigenvalue weighted by atomic mass is 16.3. The van der Waals surface area contributed by atoms with E-state index in [-0.39, 0.29) is 0 Å². The third-order valence-electron chi connectivity index (χ3n) is 2.47. The summed E-state index contributed by atoms with van der Waals surface area (Å²) in [4.78, 5) is 0. The number of aryl methyl sites for hydroxylation is 1. The van der Waals surface area contributed by atoms with Crippen molar-refractivity contribution in [2.45, 2.75) is 13.3 Å². The Morgan fingerprint density at radius 1 is 1.00 bits per heavy atom. The maximum Gasteiger partial charge on any atom is 0.119 e. The maximum atomic E-state index is 9.64. The molecule has 2 aromatic rings. The largest absolute Gasteiger partial charge is 0.508 e. The van der Waals surface area contributed by atoms with Crippen molar-refractivity contribution >= 4 is 0 Å². The van der Waals surface area contributed by atoms with E-state index >= 15 is 0 Å². The first-order chi connectivity index (χ1) is 7.25. The minimum absolute atomic E-state index is 0.374. The zero-order chi connectivity index (χ0) is 10.7. The van der Waals surface area contributed by atoms with E-state index in [4.69, 9.17) is 0 Å². The van der Waals surface area contributed by atoms with Gasteiger partial charge >= 0.3 is 0 Å². The Morgan fingerprint density at radius 2 is 1.80 bits per heavy atom. The minimum Gasteiger partial charge on any atom is -0.508 e. The molecule has 0 aromatic heterocycles. The van der Waals surface area contributed by atoms with Crippen LogP contribution in [0.3, 0.4) is 0 Å². The highest BCUT2D eigenvalue weighted by molar-refractivity contribution is 5.37. The van der Waals surface area contributed by atoms with E-state index in [9.17, 15) is 5.11 Å². The minimum atomic E-state index is 0.374. The lowest BCUT2D eigenvalue weighted by atomic mass is 10.0. The SMILES string of the molecule is Cc1cccc(Cc2ccccc2O)c1. The summed E-state index contributed by atoms with van der Waals surface area (Å²) in [7, 11) is 0. The van der Waals surface area contributed by atoms with E-state index < -0.39 is 0 Å². The van der Waals surface area contributed by atoms with Crippen LogP contribution in [0.25, 0.3) is 0 Å². The standard InChI is InChI=1S/C14H14O/c1-11-5-4-6-12(9-11)10-13-7-2-3-8-14(13)15/h2-9,15H,10H2,1H3. The van der Waals surface area contributed by atoms with Gasteiger partial charge < -0.3 is 5.11 Å². The van der Waals surface area contributed by atoms with Gasteiger partial charge in [-0.05, 0) is 24.1 Å². The average Bonchev–Trinajstić information content (AvgIpc) is 2.22. The Labute approximate surface area is 90.0 Å². The summed E-state index contributed by atoms with van der Waals surface area (Å²) >= 11 is 0. The van der Waals surface area contributed by atoms with E-state index in [1.165, 1.54) is 11.1 Å². The van der Waals surface area contributed by atoms with Crippen LogP contribution >= 0.6 is 0 Å². The Morgan fingerprint density at radius 3 is 2.53 bits per heavy atom. The molecular formula is C14H14O. The van der Waals surface area contributed by atoms with Crippen LogP contribution in [0, 0.1) is 6.92 Å². The number of rotatable bonds is 2. The monoisotopic (exact) mass is 198 g/mol. The van der Waals surface area contributed by atoms with Crippen LogP contribution in [0.1, 0.15) is 16.7 Å². The Hall–Kier alpha value is -1.76. The van der Waals surface area contributed by atoms with Crippen molar-refractivity contribution in [3.8, 4) is 5.75 Å². The molecule has 1 N–H and O–H groups in total. The van der Waals surface area contributed by atoms with Crippen LogP contribution in [0.5, 0.6) is 5.75 Å². The molecule has 0 radical (unpaired) electrons. The average molecular weight is 198 g/mol. The molecule has 0 aliphatic heterocycles. The fourth-order valence-corrected chi connectivity index (χ4v) is 1.70. The lowest BCUT2D eigenvalue weighted by Gasteiger charge is -2.04. The molecule has 0 aliphatic carbocycles. The van der Waals surface area contributed by atoms with Crippen molar-refractivity contribution in [2.75, 3.05) is 0 Å². The Balaban J connectivity index is 2.26. The second-order valence-corrected chi connectivity index (χ2v) is 3.79. The summed E-state index contributed by atoms with van der Waals surface area (Å²) in [6.45, 7) is 2.08. The summed E-state index contributed by atoms with van der Waals surface area (Å²) < 4.78 is 0. The van der Waals surface area contributed by atoms with Crippen molar-refractivity contribution in [3.05, 3.63) is 65.2 Å². The number of hydrogen-bond acceptors (Lipinski definition) is 1. The summed E-state index contributed by atoms with van der Waals surface area (Å²) in [6.07, 6.45) is 0.786. The highest BCUT2D eigenvalue weighted by Crippen LogP contribution is 2.19. The van der Waals surface area contributed by atoms with Crippen LogP contribution in [-0.4, -0.2) is 5.11 Å². The molecule has 1 heteroatoms. The molecular weight excluding hydrogens is 184 g/mol. The van der Waals surface area contributed by atoms with E-state index in [2.05, 4.69) is 25.1 Å². The van der Waals surface area contributed by atoms with Crippen LogP contribution < -0.4 is 0 Å². The molecule has 76 valence electrons. The van der Waals surface area contributed by atoms with Crippen molar-refractivity contribution in [3.63, 3.8) is 0 Å². The molecule has 0 fully saturated rings. The maximum absolute atomic E-state index is 9.64. The molecule has 15 heavy (non-hydrogen) atoms. The van der Waals surface area contributed by atoms with Gasteiger partial charge in [-0.1, -0.05) is 48.0 Å². The first-order valence-corrected chi connectivity index (χ1v) is 5.08. The number of phenols is 1. The summed E-state index contributed by atoms with van der Waals surface area (Å²) in [5.74, 6) is 0.374. The van der Waals surface area contributed by atoms with Gasteiger partial charge in [0.15, 0.2) is 0 Å². The quantitative estimate of drug-likeness (QED) is 0.785. The topological polar surface area (TPSA) is 20.2 Å². The lowest BCUT2D eigenvalue weighted by molar-refractivity contribution is 0.469. The van der Waals surface area contributed by atoms with Gasteiger partial charge in [-0.3, -0.25) is 0 Å². The van der Waals surface area contributed by atoms with Crippen LogP contribution in [0.2, 0.25) is 0 Å². The molecule has 0 amide bonds. The zero-order valence-corrected chi connectivity index (χ0v) is 8.77. The molecule has 1 nitrogen and oxygen atoms in total. The third kappa shape index (κ3) is 2.38. The molecule has 0 saturated carbocycles. The number of phenolic OH excluding ortho intramolecular Hbond substituents is 1. The van der Waals surface area contributed by atoms with Gasteiger partial charge in [-0.25, -0.2) is 0 Å². The fraction of sp³-hybridized carbons (Fsp3) is 0.143. The van der Waals surface area contributed by atoms with E-state index in [0.717, 1.165) is 12.0 Å². The second-order valence-electron chi connectivity index (χ2n) is 3.79. The van der Waals surface area contributed by atoms with Crippen molar-refractivity contribution < 1.29 is 5.11 Å². The lowest BCUT2D eigenvalue weighted by Crippen LogP contribution is -1.88. The second kappa shape index (κ2) is 4.18. The van der Waals surface area contributed by atoms with Gasteiger partial charge in [-0.2, -0.15) is 0 Å². The molecule has 0 bridgehead atoms. The van der Waals surface area contributed by atoms with Gasteiger partial charge in [0, 0.05) is 6.42 Å². The van der Waals surface area contributed by atoms with Gasteiger partial charge in [0.25, 0.3) is 0 Å². The number of para-hydroxylation sites is 1. The van der Waals surface area contributed by atoms with E-state index in [0.29, 0.717) is 5.75 Å².